The summed E-state index contributed by atoms with van der Waals surface area (Å²) >= 11 is 0. The quantitative estimate of drug-likeness (QED) is 0.365. The highest BCUT2D eigenvalue weighted by Crippen LogP contribution is 2.40. The number of hydrogen-bond donors (Lipinski definition) is 5. The van der Waals surface area contributed by atoms with Crippen LogP contribution >= 0.6 is 0 Å². The molecule has 7 heteroatoms. The van der Waals surface area contributed by atoms with E-state index in [-0.39, 0.29) is 28.7 Å². The van der Waals surface area contributed by atoms with Crippen LogP contribution in [0.3, 0.4) is 0 Å². The molecule has 0 aliphatic carbocycles. The van der Waals surface area contributed by atoms with Crippen LogP contribution in [0.15, 0.2) is 30.3 Å². The molecule has 3 rings (SSSR count). The van der Waals surface area contributed by atoms with E-state index < -0.39 is 5.97 Å². The number of carbonyl (C=O) groups is 1. The number of esters is 1. The molecule has 0 fully saturated rings. The van der Waals surface area contributed by atoms with Gasteiger partial charge in [-0.25, -0.2) is 4.79 Å². The van der Waals surface area contributed by atoms with Crippen LogP contribution < -0.4 is 0 Å². The predicted octanol–water partition coefficient (Wildman–Crippen LogP) is 2.44. The third-order valence-corrected chi connectivity index (χ3v) is 3.55. The minimum atomic E-state index is -0.650. The van der Waals surface area contributed by atoms with Crippen molar-refractivity contribution in [1.29, 1.82) is 0 Å². The number of aromatic hydroxyl groups is 4. The highest BCUT2D eigenvalue weighted by atomic mass is 16.5. The Balaban J connectivity index is 2.37. The van der Waals surface area contributed by atoms with Crippen molar-refractivity contribution >= 4 is 16.9 Å². The van der Waals surface area contributed by atoms with Crippen LogP contribution in [0.25, 0.3) is 22.0 Å². The number of aromatic amines is 1. The molecule has 0 unspecified atom stereocenters. The molecule has 0 aliphatic heterocycles. The van der Waals surface area contributed by atoms with E-state index in [0.717, 1.165) is 0 Å². The second-order valence-corrected chi connectivity index (χ2v) is 4.96. The Labute approximate surface area is 130 Å². The molecule has 0 spiro atoms. The average Bonchev–Trinajstić information content (AvgIpc) is 2.88. The van der Waals surface area contributed by atoms with Gasteiger partial charge in [0.05, 0.1) is 12.6 Å². The van der Waals surface area contributed by atoms with Crippen molar-refractivity contribution in [2.75, 3.05) is 7.11 Å². The highest BCUT2D eigenvalue weighted by molar-refractivity contribution is 6.08. The molecule has 0 saturated carbocycles. The van der Waals surface area contributed by atoms with E-state index in [0.29, 0.717) is 22.0 Å². The van der Waals surface area contributed by atoms with E-state index in [9.17, 15) is 25.2 Å². The number of carbonyl (C=O) groups excluding carboxylic acids is 1. The summed E-state index contributed by atoms with van der Waals surface area (Å²) in [6, 6.07) is 6.65. The van der Waals surface area contributed by atoms with Gasteiger partial charge >= 0.3 is 5.97 Å². The molecule has 0 amide bonds. The molecule has 0 radical (unpaired) electrons. The normalized spacial score (nSPS) is 10.8. The van der Waals surface area contributed by atoms with Crippen LogP contribution in [0.1, 0.15) is 10.5 Å². The number of methoxy groups -OCH3 is 1. The van der Waals surface area contributed by atoms with Gasteiger partial charge in [-0.15, -0.1) is 0 Å². The van der Waals surface area contributed by atoms with Gasteiger partial charge in [-0.05, 0) is 23.8 Å². The lowest BCUT2D eigenvalue weighted by Crippen LogP contribution is -2.03. The van der Waals surface area contributed by atoms with Gasteiger partial charge in [-0.2, -0.15) is 0 Å². The van der Waals surface area contributed by atoms with Crippen LogP contribution in [0.2, 0.25) is 0 Å². The SMILES string of the molecule is COC(=O)c1[nH]c2cc(O)c(O)cc2c1-c1ccc(O)c(O)c1. The molecule has 2 aromatic carbocycles. The van der Waals surface area contributed by atoms with Crippen LogP contribution in [-0.4, -0.2) is 38.5 Å². The fourth-order valence-electron chi connectivity index (χ4n) is 2.45. The summed E-state index contributed by atoms with van der Waals surface area (Å²) < 4.78 is 4.74. The summed E-state index contributed by atoms with van der Waals surface area (Å²) in [5, 5.41) is 38.9. The van der Waals surface area contributed by atoms with E-state index in [1.54, 1.807) is 0 Å². The first-order valence-corrected chi connectivity index (χ1v) is 6.60. The van der Waals surface area contributed by atoms with E-state index in [1.807, 2.05) is 0 Å². The third-order valence-electron chi connectivity index (χ3n) is 3.55. The van der Waals surface area contributed by atoms with Crippen molar-refractivity contribution in [1.82, 2.24) is 4.98 Å². The first-order chi connectivity index (χ1) is 10.9. The summed E-state index contributed by atoms with van der Waals surface area (Å²) in [5.74, 6) is -1.99. The van der Waals surface area contributed by atoms with Gasteiger partial charge in [0, 0.05) is 17.0 Å². The zero-order valence-electron chi connectivity index (χ0n) is 12.0. The smallest absolute Gasteiger partial charge is 0.355 e. The number of nitrogens with one attached hydrogen (secondary N) is 1. The number of hydrogen-bond acceptors (Lipinski definition) is 6. The van der Waals surface area contributed by atoms with Crippen molar-refractivity contribution < 1.29 is 30.0 Å². The number of phenols is 4. The lowest BCUT2D eigenvalue weighted by molar-refractivity contribution is 0.0596. The fourth-order valence-corrected chi connectivity index (χ4v) is 2.45. The number of ether oxygens (including phenoxy) is 1. The highest BCUT2D eigenvalue weighted by Gasteiger charge is 2.21. The number of rotatable bonds is 2. The van der Waals surface area contributed by atoms with Gasteiger partial charge in [-0.3, -0.25) is 0 Å². The van der Waals surface area contributed by atoms with Crippen molar-refractivity contribution in [3.8, 4) is 34.1 Å². The maximum atomic E-state index is 12.0. The Kier molecular flexibility index (Phi) is 3.25. The molecule has 3 aromatic rings. The fraction of sp³-hybridized carbons (Fsp3) is 0.0625. The molecule has 1 aromatic heterocycles. The van der Waals surface area contributed by atoms with Crippen molar-refractivity contribution in [3.63, 3.8) is 0 Å². The van der Waals surface area contributed by atoms with E-state index in [2.05, 4.69) is 4.98 Å². The lowest BCUT2D eigenvalue weighted by atomic mass is 10.0. The monoisotopic (exact) mass is 315 g/mol. The number of fused-ring (bicyclic) bond motifs is 1. The number of phenolic OH excluding ortho intramolecular Hbond substituents is 4. The standard InChI is InChI=1S/C16H13NO6/c1-23-16(22)15-14(7-2-3-10(18)11(19)4-7)8-5-12(20)13(21)6-9(8)17-15/h2-6,17-21H,1H3. The lowest BCUT2D eigenvalue weighted by Gasteiger charge is -2.06. The van der Waals surface area contributed by atoms with Gasteiger partial charge in [0.1, 0.15) is 5.69 Å². The Morgan fingerprint density at radius 1 is 0.957 bits per heavy atom. The van der Waals surface area contributed by atoms with Crippen molar-refractivity contribution in [2.24, 2.45) is 0 Å². The molecule has 23 heavy (non-hydrogen) atoms. The molecule has 0 bridgehead atoms. The zero-order valence-corrected chi connectivity index (χ0v) is 12.0. The minimum absolute atomic E-state index is 0.0950. The first-order valence-electron chi connectivity index (χ1n) is 6.60. The maximum Gasteiger partial charge on any atom is 0.355 e. The minimum Gasteiger partial charge on any atom is -0.504 e. The van der Waals surface area contributed by atoms with E-state index in [1.165, 1.54) is 37.4 Å². The number of aromatic nitrogens is 1. The van der Waals surface area contributed by atoms with Gasteiger partial charge < -0.3 is 30.1 Å². The molecule has 5 N–H and O–H groups in total. The molecule has 7 nitrogen and oxygen atoms in total. The third kappa shape index (κ3) is 2.28. The molecule has 118 valence electrons. The van der Waals surface area contributed by atoms with Crippen molar-refractivity contribution in [2.45, 2.75) is 0 Å². The first kappa shape index (κ1) is 14.6. The molecule has 0 aliphatic rings. The Morgan fingerprint density at radius 2 is 1.61 bits per heavy atom. The maximum absolute atomic E-state index is 12.0. The molecular weight excluding hydrogens is 302 g/mol. The average molecular weight is 315 g/mol. The molecule has 0 atom stereocenters. The Morgan fingerprint density at radius 3 is 2.26 bits per heavy atom. The van der Waals surface area contributed by atoms with Gasteiger partial charge in [0.15, 0.2) is 23.0 Å². The number of benzene rings is 2. The van der Waals surface area contributed by atoms with Gasteiger partial charge in [0.25, 0.3) is 0 Å². The summed E-state index contributed by atoms with van der Waals surface area (Å²) in [5.41, 5.74) is 1.30. The van der Waals surface area contributed by atoms with Gasteiger partial charge in [0.2, 0.25) is 0 Å². The molecular formula is C16H13NO6. The second kappa shape index (κ2) is 5.13. The number of H-pyrrole nitrogens is 1. The van der Waals surface area contributed by atoms with Crippen LogP contribution in [0, 0.1) is 0 Å². The Bertz CT molecular complexity index is 928. The predicted molar refractivity (Wildman–Crippen MR) is 81.7 cm³/mol. The molecule has 0 saturated heterocycles. The van der Waals surface area contributed by atoms with Crippen LogP contribution in [-0.2, 0) is 4.74 Å². The van der Waals surface area contributed by atoms with Crippen LogP contribution in [0.5, 0.6) is 23.0 Å². The molecule has 1 heterocycles. The zero-order chi connectivity index (χ0) is 16.7. The van der Waals surface area contributed by atoms with Crippen LogP contribution in [0.4, 0.5) is 0 Å². The van der Waals surface area contributed by atoms with Gasteiger partial charge in [-0.1, -0.05) is 6.07 Å². The van der Waals surface area contributed by atoms with E-state index >= 15 is 0 Å². The van der Waals surface area contributed by atoms with Crippen molar-refractivity contribution in [3.05, 3.63) is 36.0 Å². The Hall–Kier alpha value is -3.35. The largest absolute Gasteiger partial charge is 0.504 e. The van der Waals surface area contributed by atoms with E-state index in [4.69, 9.17) is 4.74 Å². The summed E-state index contributed by atoms with van der Waals surface area (Å²) in [6.07, 6.45) is 0. The summed E-state index contributed by atoms with van der Waals surface area (Å²) in [6.45, 7) is 0. The summed E-state index contributed by atoms with van der Waals surface area (Å²) in [7, 11) is 1.22. The summed E-state index contributed by atoms with van der Waals surface area (Å²) in [4.78, 5) is 14.8. The topological polar surface area (TPSA) is 123 Å². The second-order valence-electron chi connectivity index (χ2n) is 4.96.